The first-order chi connectivity index (χ1) is 14.1. The van der Waals surface area contributed by atoms with Gasteiger partial charge in [0.1, 0.15) is 11.5 Å². The van der Waals surface area contributed by atoms with Crippen LogP contribution < -0.4 is 0 Å². The van der Waals surface area contributed by atoms with Crippen molar-refractivity contribution in [3.8, 4) is 0 Å². The molecule has 4 nitrogen and oxygen atoms in total. The molecular weight excluding hydrogens is 365 g/mol. The van der Waals surface area contributed by atoms with Crippen molar-refractivity contribution in [3.05, 3.63) is 65.2 Å². The third-order valence-corrected chi connectivity index (χ3v) is 7.33. The van der Waals surface area contributed by atoms with Gasteiger partial charge in [-0.3, -0.25) is 4.90 Å². The van der Waals surface area contributed by atoms with E-state index in [2.05, 4.69) is 20.9 Å². The first-order valence-corrected chi connectivity index (χ1v) is 10.8. The number of nitrogens with one attached hydrogen (secondary N) is 1. The molecule has 0 spiro atoms. The normalized spacial score (nSPS) is 29.6. The van der Waals surface area contributed by atoms with Gasteiger partial charge in [-0.05, 0) is 68.2 Å². The number of hydrogen-bond donors (Lipinski definition) is 2. The summed E-state index contributed by atoms with van der Waals surface area (Å²) in [5, 5.41) is 12.6. The van der Waals surface area contributed by atoms with Crippen LogP contribution in [-0.2, 0) is 12.1 Å². The maximum atomic E-state index is 14.4. The maximum Gasteiger partial charge on any atom is 0.137 e. The van der Waals surface area contributed by atoms with Crippen LogP contribution in [0.1, 0.15) is 61.3 Å². The van der Waals surface area contributed by atoms with E-state index in [9.17, 15) is 9.50 Å². The number of aromatic amines is 1. The summed E-state index contributed by atoms with van der Waals surface area (Å²) in [6.45, 7) is 0.889. The van der Waals surface area contributed by atoms with Gasteiger partial charge in [-0.2, -0.15) is 0 Å². The first-order valence-electron chi connectivity index (χ1n) is 10.8. The third-order valence-electron chi connectivity index (χ3n) is 7.33. The van der Waals surface area contributed by atoms with Gasteiger partial charge in [0.15, 0.2) is 0 Å². The Labute approximate surface area is 169 Å². The maximum absolute atomic E-state index is 14.4. The molecule has 4 heterocycles. The molecule has 0 unspecified atom stereocenters. The number of piperidine rings is 1. The van der Waals surface area contributed by atoms with Crippen molar-refractivity contribution in [2.75, 3.05) is 0 Å². The molecule has 2 aromatic heterocycles. The second kappa shape index (κ2) is 6.38. The van der Waals surface area contributed by atoms with Crippen LogP contribution in [0.4, 0.5) is 4.39 Å². The Hall–Kier alpha value is -2.24. The molecule has 2 atom stereocenters. The van der Waals surface area contributed by atoms with Gasteiger partial charge in [0, 0.05) is 41.5 Å². The fourth-order valence-corrected chi connectivity index (χ4v) is 5.80. The first kappa shape index (κ1) is 17.6. The van der Waals surface area contributed by atoms with Gasteiger partial charge in [-0.15, -0.1) is 0 Å². The fraction of sp³-hybridized carbons (Fsp3) is 0.458. The van der Waals surface area contributed by atoms with Crippen molar-refractivity contribution in [1.82, 2.24) is 14.9 Å². The average Bonchev–Trinajstić information content (AvgIpc) is 3.45. The smallest absolute Gasteiger partial charge is 0.137 e. The summed E-state index contributed by atoms with van der Waals surface area (Å²) < 4.78 is 14.4. The summed E-state index contributed by atoms with van der Waals surface area (Å²) in [7, 11) is 0. The summed E-state index contributed by atoms with van der Waals surface area (Å²) in [4.78, 5) is 10.7. The number of aromatic nitrogens is 2. The standard InChI is InChI=1S/C24H26FN3O/c25-21-6-2-1-5-20(21)24(29)12-16-9-10-17(13-24)28(16)14-19-18-4-3-11-26-23(18)27-22(19)15-7-8-15/h1-6,11,15-17,29H,7-10,12-14H2,(H,26,27)/t16-,17-/m1/s1. The highest BCUT2D eigenvalue weighted by molar-refractivity contribution is 5.81. The lowest BCUT2D eigenvalue weighted by atomic mass is 9.80. The highest BCUT2D eigenvalue weighted by Gasteiger charge is 2.49. The van der Waals surface area contributed by atoms with Gasteiger partial charge in [0.05, 0.1) is 5.60 Å². The molecule has 3 aromatic rings. The molecule has 1 aliphatic carbocycles. The van der Waals surface area contributed by atoms with E-state index in [4.69, 9.17) is 0 Å². The topological polar surface area (TPSA) is 52.1 Å². The van der Waals surface area contributed by atoms with E-state index in [0.29, 0.717) is 24.3 Å². The Balaban J connectivity index is 1.32. The van der Waals surface area contributed by atoms with Crippen molar-refractivity contribution in [1.29, 1.82) is 0 Å². The third kappa shape index (κ3) is 2.82. The van der Waals surface area contributed by atoms with Crippen molar-refractivity contribution < 1.29 is 9.50 Å². The predicted molar refractivity (Wildman–Crippen MR) is 110 cm³/mol. The molecule has 2 aliphatic heterocycles. The van der Waals surface area contributed by atoms with E-state index in [1.807, 2.05) is 18.3 Å². The molecule has 0 radical (unpaired) electrons. The van der Waals surface area contributed by atoms with Gasteiger partial charge in [0.2, 0.25) is 0 Å². The van der Waals surface area contributed by atoms with Gasteiger partial charge in [0.25, 0.3) is 0 Å². The Morgan fingerprint density at radius 3 is 2.55 bits per heavy atom. The van der Waals surface area contributed by atoms with Crippen LogP contribution in [0.15, 0.2) is 42.6 Å². The van der Waals surface area contributed by atoms with Crippen LogP contribution in [0.5, 0.6) is 0 Å². The van der Waals surface area contributed by atoms with Crippen LogP contribution in [0.25, 0.3) is 11.0 Å². The van der Waals surface area contributed by atoms with Gasteiger partial charge < -0.3 is 10.1 Å². The quantitative estimate of drug-likeness (QED) is 0.684. The molecule has 2 N–H and O–H groups in total. The molecule has 0 amide bonds. The summed E-state index contributed by atoms with van der Waals surface area (Å²) in [6.07, 6.45) is 7.69. The van der Waals surface area contributed by atoms with Crippen molar-refractivity contribution in [2.45, 2.75) is 68.7 Å². The van der Waals surface area contributed by atoms with Crippen molar-refractivity contribution in [2.24, 2.45) is 0 Å². The minimum Gasteiger partial charge on any atom is -0.385 e. The Bertz CT molecular complexity index is 1060. The SMILES string of the molecule is OC1(c2ccccc2F)C[C@H]2CC[C@H](C1)N2Cc1c(C2CC2)[nH]c2ncccc12. The number of rotatable bonds is 4. The Morgan fingerprint density at radius 1 is 1.07 bits per heavy atom. The minimum absolute atomic E-state index is 0.284. The van der Waals surface area contributed by atoms with Crippen LogP contribution in [0.2, 0.25) is 0 Å². The van der Waals surface area contributed by atoms with E-state index in [1.165, 1.54) is 35.6 Å². The molecule has 2 bridgehead atoms. The number of H-pyrrole nitrogens is 1. The summed E-state index contributed by atoms with van der Waals surface area (Å²) in [6, 6.07) is 11.5. The van der Waals surface area contributed by atoms with E-state index in [1.54, 1.807) is 12.1 Å². The lowest BCUT2D eigenvalue weighted by Crippen LogP contribution is -2.49. The summed E-state index contributed by atoms with van der Waals surface area (Å²) in [5.74, 6) is 0.346. The highest BCUT2D eigenvalue weighted by atomic mass is 19.1. The largest absolute Gasteiger partial charge is 0.385 e. The molecule has 3 fully saturated rings. The zero-order valence-electron chi connectivity index (χ0n) is 16.4. The van der Waals surface area contributed by atoms with Crippen LogP contribution in [-0.4, -0.2) is 32.1 Å². The molecule has 1 aromatic carbocycles. The van der Waals surface area contributed by atoms with Gasteiger partial charge in [-0.1, -0.05) is 18.2 Å². The van der Waals surface area contributed by atoms with Crippen molar-refractivity contribution in [3.63, 3.8) is 0 Å². The monoisotopic (exact) mass is 391 g/mol. The zero-order valence-corrected chi connectivity index (χ0v) is 16.4. The lowest BCUT2D eigenvalue weighted by Gasteiger charge is -2.44. The molecular formula is C24H26FN3O. The number of fused-ring (bicyclic) bond motifs is 3. The number of halogens is 1. The molecule has 3 aliphatic rings. The number of benzene rings is 1. The van der Waals surface area contributed by atoms with Gasteiger partial charge in [-0.25, -0.2) is 9.37 Å². The van der Waals surface area contributed by atoms with E-state index in [0.717, 1.165) is 25.0 Å². The van der Waals surface area contributed by atoms with Gasteiger partial charge >= 0.3 is 0 Å². The zero-order chi connectivity index (χ0) is 19.6. The summed E-state index contributed by atoms with van der Waals surface area (Å²) in [5.41, 5.74) is 3.12. The lowest BCUT2D eigenvalue weighted by molar-refractivity contribution is -0.0615. The van der Waals surface area contributed by atoms with E-state index < -0.39 is 5.60 Å². The van der Waals surface area contributed by atoms with E-state index >= 15 is 0 Å². The second-order valence-corrected chi connectivity index (χ2v) is 9.17. The van der Waals surface area contributed by atoms with Crippen LogP contribution in [0, 0.1) is 5.82 Å². The molecule has 6 rings (SSSR count). The summed E-state index contributed by atoms with van der Waals surface area (Å²) >= 11 is 0. The molecule has 29 heavy (non-hydrogen) atoms. The van der Waals surface area contributed by atoms with E-state index in [-0.39, 0.29) is 17.9 Å². The Kier molecular flexibility index (Phi) is 3.87. The highest BCUT2D eigenvalue weighted by Crippen LogP contribution is 2.48. The predicted octanol–water partition coefficient (Wildman–Crippen LogP) is 4.59. The van der Waals surface area contributed by atoms with Crippen LogP contribution in [0.3, 0.4) is 0 Å². The average molecular weight is 391 g/mol. The number of hydrogen-bond acceptors (Lipinski definition) is 3. The van der Waals surface area contributed by atoms with Crippen molar-refractivity contribution >= 4 is 11.0 Å². The fourth-order valence-electron chi connectivity index (χ4n) is 5.80. The molecule has 2 saturated heterocycles. The number of aliphatic hydroxyl groups is 1. The Morgan fingerprint density at radius 2 is 1.83 bits per heavy atom. The molecule has 5 heteroatoms. The van der Waals surface area contributed by atoms with Crippen LogP contribution >= 0.6 is 0 Å². The molecule has 1 saturated carbocycles. The number of pyridine rings is 1. The minimum atomic E-state index is -1.06. The number of nitrogens with zero attached hydrogens (tertiary/aromatic N) is 2. The second-order valence-electron chi connectivity index (χ2n) is 9.17. The molecule has 150 valence electrons.